The van der Waals surface area contributed by atoms with Gasteiger partial charge in [-0.2, -0.15) is 0 Å². The molecule has 1 aliphatic heterocycles. The zero-order valence-corrected chi connectivity index (χ0v) is 15.1. The van der Waals surface area contributed by atoms with E-state index in [0.717, 1.165) is 24.7 Å². The van der Waals surface area contributed by atoms with Crippen LogP contribution in [0.1, 0.15) is 19.8 Å². The van der Waals surface area contributed by atoms with Crippen LogP contribution >= 0.6 is 0 Å². The highest BCUT2D eigenvalue weighted by atomic mass is 16.6. The number of carbonyl (C=O) groups is 1. The Morgan fingerprint density at radius 1 is 1.30 bits per heavy atom. The second-order valence-electron chi connectivity index (χ2n) is 6.64. The van der Waals surface area contributed by atoms with Gasteiger partial charge in [0.15, 0.2) is 6.61 Å². The molecule has 1 amide bonds. The molecule has 3 rings (SSSR count). The maximum atomic E-state index is 12.1. The largest absolute Gasteiger partial charge is 0.476 e. The molecule has 0 saturated carbocycles. The number of hydrogen-bond donors (Lipinski definition) is 1. The molecule has 1 aromatic heterocycles. The van der Waals surface area contributed by atoms with Gasteiger partial charge in [0.05, 0.1) is 0 Å². The van der Waals surface area contributed by atoms with Crippen molar-refractivity contribution >= 4 is 23.1 Å². The molecule has 0 spiro atoms. The molecule has 0 bridgehead atoms. The summed E-state index contributed by atoms with van der Waals surface area (Å²) in [6, 6.07) is 10.6. The van der Waals surface area contributed by atoms with Crippen molar-refractivity contribution in [3.8, 4) is 5.75 Å². The van der Waals surface area contributed by atoms with Crippen LogP contribution in [0.15, 0.2) is 42.6 Å². The summed E-state index contributed by atoms with van der Waals surface area (Å²) in [5.74, 6) is -0.0685. The predicted molar refractivity (Wildman–Crippen MR) is 102 cm³/mol. The van der Waals surface area contributed by atoms with E-state index < -0.39 is 16.6 Å². The van der Waals surface area contributed by atoms with E-state index in [1.807, 2.05) is 24.3 Å². The number of pyridine rings is 1. The Labute approximate surface area is 157 Å². The third-order valence-electron chi connectivity index (χ3n) is 4.58. The summed E-state index contributed by atoms with van der Waals surface area (Å²) in [5, 5.41) is 13.6. The van der Waals surface area contributed by atoms with E-state index in [9.17, 15) is 14.9 Å². The monoisotopic (exact) mass is 370 g/mol. The summed E-state index contributed by atoms with van der Waals surface area (Å²) >= 11 is 0. The Morgan fingerprint density at radius 3 is 2.67 bits per heavy atom. The van der Waals surface area contributed by atoms with Gasteiger partial charge in [0.2, 0.25) is 5.75 Å². The van der Waals surface area contributed by atoms with Crippen molar-refractivity contribution in [1.29, 1.82) is 0 Å². The van der Waals surface area contributed by atoms with Crippen molar-refractivity contribution in [3.63, 3.8) is 0 Å². The number of ether oxygens (including phenoxy) is 1. The smallest absolute Gasteiger partial charge is 0.406 e. The van der Waals surface area contributed by atoms with E-state index in [1.165, 1.54) is 31.2 Å². The number of rotatable bonds is 6. The summed E-state index contributed by atoms with van der Waals surface area (Å²) in [6.45, 7) is 4.03. The number of amides is 1. The molecule has 1 aromatic carbocycles. The second-order valence-corrected chi connectivity index (χ2v) is 6.64. The maximum Gasteiger partial charge on any atom is 0.406 e. The zero-order chi connectivity index (χ0) is 19.2. The summed E-state index contributed by atoms with van der Waals surface area (Å²) in [4.78, 5) is 28.3. The lowest BCUT2D eigenvalue weighted by Crippen LogP contribution is -2.32. The van der Waals surface area contributed by atoms with Crippen molar-refractivity contribution in [2.24, 2.45) is 5.92 Å². The third kappa shape index (κ3) is 4.93. The average Bonchev–Trinajstić information content (AvgIpc) is 2.68. The molecule has 0 unspecified atom stereocenters. The molecule has 0 radical (unpaired) electrons. The lowest BCUT2D eigenvalue weighted by atomic mass is 9.99. The fourth-order valence-electron chi connectivity index (χ4n) is 2.99. The minimum absolute atomic E-state index is 0.0349. The molecule has 2 aromatic rings. The van der Waals surface area contributed by atoms with Gasteiger partial charge in [-0.3, -0.25) is 4.79 Å². The first kappa shape index (κ1) is 18.6. The van der Waals surface area contributed by atoms with Gasteiger partial charge >= 0.3 is 5.82 Å². The number of hydrogen-bond acceptors (Lipinski definition) is 6. The second kappa shape index (κ2) is 8.48. The minimum Gasteiger partial charge on any atom is -0.476 e. The van der Waals surface area contributed by atoms with Gasteiger partial charge in [0, 0.05) is 24.5 Å². The molecule has 0 aliphatic carbocycles. The molecule has 8 heteroatoms. The van der Waals surface area contributed by atoms with Crippen LogP contribution < -0.4 is 15.0 Å². The van der Waals surface area contributed by atoms with Crippen molar-refractivity contribution in [3.05, 3.63) is 52.7 Å². The lowest BCUT2D eigenvalue weighted by Gasteiger charge is -2.32. The normalized spacial score (nSPS) is 14.6. The van der Waals surface area contributed by atoms with E-state index in [2.05, 4.69) is 22.1 Å². The Balaban J connectivity index is 1.53. The van der Waals surface area contributed by atoms with Gasteiger partial charge in [-0.15, -0.1) is 0 Å². The summed E-state index contributed by atoms with van der Waals surface area (Å²) < 4.78 is 5.24. The van der Waals surface area contributed by atoms with Gasteiger partial charge in [-0.1, -0.05) is 6.92 Å². The number of nitro groups is 1. The van der Waals surface area contributed by atoms with Crippen molar-refractivity contribution in [2.75, 3.05) is 29.9 Å². The molecule has 2 heterocycles. The van der Waals surface area contributed by atoms with E-state index in [4.69, 9.17) is 4.74 Å². The predicted octanol–water partition coefficient (Wildman–Crippen LogP) is 3.24. The van der Waals surface area contributed by atoms with Gasteiger partial charge < -0.3 is 25.1 Å². The quantitative estimate of drug-likeness (QED) is 0.619. The summed E-state index contributed by atoms with van der Waals surface area (Å²) in [6.07, 6.45) is 3.68. The molecule has 8 nitrogen and oxygen atoms in total. The zero-order valence-electron chi connectivity index (χ0n) is 15.1. The Morgan fingerprint density at radius 2 is 2.00 bits per heavy atom. The van der Waals surface area contributed by atoms with Gasteiger partial charge in [0.1, 0.15) is 6.20 Å². The number of piperidine rings is 1. The number of nitrogens with one attached hydrogen (secondary N) is 1. The van der Waals surface area contributed by atoms with Crippen molar-refractivity contribution in [2.45, 2.75) is 19.8 Å². The Bertz CT molecular complexity index is 802. The SMILES string of the molecule is CC1CCN(c2ccc(NC(=O)COc3cccnc3[N+](=O)[O-])cc2)CC1. The highest BCUT2D eigenvalue weighted by Crippen LogP contribution is 2.25. The van der Waals surface area contributed by atoms with Crippen LogP contribution in [0.3, 0.4) is 0 Å². The minimum atomic E-state index is -0.646. The third-order valence-corrected chi connectivity index (χ3v) is 4.58. The topological polar surface area (TPSA) is 97.6 Å². The van der Waals surface area contributed by atoms with Crippen LogP contribution in [0.5, 0.6) is 5.75 Å². The number of aromatic nitrogens is 1. The highest BCUT2D eigenvalue weighted by molar-refractivity contribution is 5.92. The van der Waals surface area contributed by atoms with E-state index in [1.54, 1.807) is 0 Å². The molecular formula is C19H22N4O4. The van der Waals surface area contributed by atoms with Crippen LogP contribution in [0.25, 0.3) is 0 Å². The number of anilines is 2. The molecule has 1 saturated heterocycles. The molecular weight excluding hydrogens is 348 g/mol. The number of carbonyl (C=O) groups excluding carboxylic acids is 1. The van der Waals surface area contributed by atoms with Crippen LogP contribution in [-0.2, 0) is 4.79 Å². The van der Waals surface area contributed by atoms with E-state index >= 15 is 0 Å². The van der Waals surface area contributed by atoms with Crippen molar-refractivity contribution < 1.29 is 14.5 Å². The Hall–Kier alpha value is -3.16. The first-order valence-electron chi connectivity index (χ1n) is 8.90. The fraction of sp³-hybridized carbons (Fsp3) is 0.368. The van der Waals surface area contributed by atoms with Crippen LogP contribution in [0.4, 0.5) is 17.2 Å². The van der Waals surface area contributed by atoms with Gasteiger partial charge in [-0.25, -0.2) is 0 Å². The molecule has 142 valence electrons. The molecule has 1 aliphatic rings. The standard InChI is InChI=1S/C19H22N4O4/c1-14-8-11-22(12-9-14)16-6-4-15(5-7-16)21-18(24)13-27-17-3-2-10-20-19(17)23(25)26/h2-7,10,14H,8-9,11-13H2,1H3,(H,21,24). The van der Waals surface area contributed by atoms with E-state index in [-0.39, 0.29) is 12.4 Å². The van der Waals surface area contributed by atoms with Crippen LogP contribution in [-0.4, -0.2) is 35.5 Å². The lowest BCUT2D eigenvalue weighted by molar-refractivity contribution is -0.390. The maximum absolute atomic E-state index is 12.1. The fourth-order valence-corrected chi connectivity index (χ4v) is 2.99. The van der Waals surface area contributed by atoms with Gasteiger partial charge in [-0.05, 0) is 65.1 Å². The van der Waals surface area contributed by atoms with Gasteiger partial charge in [0.25, 0.3) is 5.91 Å². The van der Waals surface area contributed by atoms with Crippen molar-refractivity contribution in [1.82, 2.24) is 4.98 Å². The van der Waals surface area contributed by atoms with Crippen LogP contribution in [0, 0.1) is 16.0 Å². The molecule has 1 N–H and O–H groups in total. The van der Waals surface area contributed by atoms with E-state index in [0.29, 0.717) is 5.69 Å². The van der Waals surface area contributed by atoms with Crippen LogP contribution in [0.2, 0.25) is 0 Å². The molecule has 27 heavy (non-hydrogen) atoms. The molecule has 0 atom stereocenters. The Kier molecular flexibility index (Phi) is 5.85. The average molecular weight is 370 g/mol. The number of nitrogens with zero attached hydrogens (tertiary/aromatic N) is 3. The highest BCUT2D eigenvalue weighted by Gasteiger charge is 2.17. The molecule has 1 fully saturated rings. The summed E-state index contributed by atoms with van der Waals surface area (Å²) in [7, 11) is 0. The first-order valence-corrected chi connectivity index (χ1v) is 8.90. The summed E-state index contributed by atoms with van der Waals surface area (Å²) in [5.41, 5.74) is 1.79. The number of benzene rings is 1. The first-order chi connectivity index (χ1) is 13.0.